The largest absolute Gasteiger partial charge is 0.322 e. The second-order valence-electron chi connectivity index (χ2n) is 9.58. The van der Waals surface area contributed by atoms with Gasteiger partial charge < -0.3 is 5.32 Å². The van der Waals surface area contributed by atoms with Crippen LogP contribution in [0.1, 0.15) is 41.4 Å². The number of piperazine rings is 1. The summed E-state index contributed by atoms with van der Waals surface area (Å²) < 4.78 is 0. The van der Waals surface area contributed by atoms with E-state index in [0.29, 0.717) is 11.6 Å². The van der Waals surface area contributed by atoms with Gasteiger partial charge in [-0.25, -0.2) is 0 Å². The minimum atomic E-state index is -0.0837. The van der Waals surface area contributed by atoms with Crippen LogP contribution in [-0.2, 0) is 0 Å². The highest BCUT2D eigenvalue weighted by Gasteiger charge is 2.29. The second kappa shape index (κ2) is 10.4. The predicted octanol–water partition coefficient (Wildman–Crippen LogP) is 6.21. The van der Waals surface area contributed by atoms with Crippen LogP contribution < -0.4 is 5.32 Å². The van der Waals surface area contributed by atoms with Gasteiger partial charge >= 0.3 is 0 Å². The first kappa shape index (κ1) is 23.3. The number of nitrogens with zero attached hydrogens (tertiary/aromatic N) is 2. The molecular weight excluding hydrogens is 430 g/mol. The van der Waals surface area contributed by atoms with E-state index < -0.39 is 0 Å². The number of benzene rings is 4. The Hall–Kier alpha value is -3.47. The lowest BCUT2D eigenvalue weighted by molar-refractivity contribution is 0.0893. The van der Waals surface area contributed by atoms with Crippen molar-refractivity contribution < 1.29 is 4.79 Å². The summed E-state index contributed by atoms with van der Waals surface area (Å²) >= 11 is 0. The quantitative estimate of drug-likeness (QED) is 0.369. The van der Waals surface area contributed by atoms with Gasteiger partial charge in [-0.1, -0.05) is 78.9 Å². The van der Waals surface area contributed by atoms with Crippen LogP contribution in [0.25, 0.3) is 10.8 Å². The third-order valence-corrected chi connectivity index (χ3v) is 7.07. The lowest BCUT2D eigenvalue weighted by Gasteiger charge is -2.41. The minimum absolute atomic E-state index is 0.0821. The van der Waals surface area contributed by atoms with E-state index in [1.54, 1.807) is 0 Å². The maximum absolute atomic E-state index is 13.3. The fourth-order valence-corrected chi connectivity index (χ4v) is 5.11. The van der Waals surface area contributed by atoms with Gasteiger partial charge in [-0.15, -0.1) is 0 Å². The highest BCUT2D eigenvalue weighted by atomic mass is 16.1. The molecule has 1 aliphatic heterocycles. The molecule has 35 heavy (non-hydrogen) atoms. The molecule has 0 radical (unpaired) electrons. The van der Waals surface area contributed by atoms with Crippen molar-refractivity contribution in [2.75, 3.05) is 31.5 Å². The van der Waals surface area contributed by atoms with Gasteiger partial charge in [0, 0.05) is 43.5 Å². The number of carbonyl (C=O) groups is 1. The van der Waals surface area contributed by atoms with Gasteiger partial charge in [-0.05, 0) is 53.9 Å². The van der Waals surface area contributed by atoms with Crippen LogP contribution in [0.2, 0.25) is 0 Å². The van der Waals surface area contributed by atoms with Crippen molar-refractivity contribution in [3.8, 4) is 0 Å². The molecule has 4 heteroatoms. The zero-order chi connectivity index (χ0) is 24.2. The van der Waals surface area contributed by atoms with Gasteiger partial charge in [0.15, 0.2) is 0 Å². The number of hydrogen-bond acceptors (Lipinski definition) is 3. The molecule has 0 saturated carbocycles. The topological polar surface area (TPSA) is 35.6 Å². The van der Waals surface area contributed by atoms with Crippen LogP contribution in [-0.4, -0.2) is 47.9 Å². The maximum Gasteiger partial charge on any atom is 0.255 e. The van der Waals surface area contributed by atoms with Crippen LogP contribution in [0.15, 0.2) is 97.1 Å². The van der Waals surface area contributed by atoms with E-state index >= 15 is 0 Å². The van der Waals surface area contributed by atoms with Crippen molar-refractivity contribution in [3.63, 3.8) is 0 Å². The molecule has 0 bridgehead atoms. The second-order valence-corrected chi connectivity index (χ2v) is 9.58. The van der Waals surface area contributed by atoms with E-state index in [9.17, 15) is 4.79 Å². The van der Waals surface area contributed by atoms with Gasteiger partial charge in [0.25, 0.3) is 5.91 Å². The van der Waals surface area contributed by atoms with Crippen LogP contribution in [0.3, 0.4) is 0 Å². The molecule has 4 nitrogen and oxygen atoms in total. The molecule has 4 aromatic rings. The van der Waals surface area contributed by atoms with Gasteiger partial charge in [-0.3, -0.25) is 14.6 Å². The monoisotopic (exact) mass is 463 g/mol. The Morgan fingerprint density at radius 3 is 2.09 bits per heavy atom. The van der Waals surface area contributed by atoms with E-state index in [1.807, 2.05) is 48.5 Å². The highest BCUT2D eigenvalue weighted by molar-refractivity contribution is 6.06. The molecule has 1 saturated heterocycles. The number of rotatable bonds is 6. The summed E-state index contributed by atoms with van der Waals surface area (Å²) in [7, 11) is 0. The van der Waals surface area contributed by atoms with Crippen molar-refractivity contribution in [1.82, 2.24) is 9.80 Å². The smallest absolute Gasteiger partial charge is 0.255 e. The van der Waals surface area contributed by atoms with Crippen molar-refractivity contribution in [2.24, 2.45) is 0 Å². The Bertz CT molecular complexity index is 1290. The first-order valence-corrected chi connectivity index (χ1v) is 12.5. The molecule has 0 aliphatic carbocycles. The molecule has 1 fully saturated rings. The minimum Gasteiger partial charge on any atom is -0.322 e. The van der Waals surface area contributed by atoms with Crippen molar-refractivity contribution >= 4 is 22.4 Å². The highest BCUT2D eigenvalue weighted by Crippen LogP contribution is 2.34. The average molecular weight is 464 g/mol. The molecule has 5 rings (SSSR count). The fraction of sp³-hybridized carbons (Fsp3) is 0.258. The summed E-state index contributed by atoms with van der Waals surface area (Å²) in [6, 6.07) is 33.5. The standard InChI is InChI=1S/C31H33N3O/c1-23(2)33-18-20-34(21-19-33)30(25-11-4-3-5-12-25)28-14-8-9-15-29(28)32-31(35)27-17-16-24-10-6-7-13-26(24)22-27/h3-17,22-23,30H,18-21H2,1-2H3,(H,32,35). The third kappa shape index (κ3) is 5.14. The third-order valence-electron chi connectivity index (χ3n) is 7.07. The normalized spacial score (nSPS) is 15.9. The van der Waals surface area contributed by atoms with E-state index in [4.69, 9.17) is 0 Å². The van der Waals surface area contributed by atoms with Gasteiger partial charge in [0.05, 0.1) is 6.04 Å². The van der Waals surface area contributed by atoms with E-state index in [-0.39, 0.29) is 11.9 Å². The summed E-state index contributed by atoms with van der Waals surface area (Å²) in [4.78, 5) is 18.4. The molecule has 1 heterocycles. The Morgan fingerprint density at radius 1 is 0.714 bits per heavy atom. The Balaban J connectivity index is 1.46. The van der Waals surface area contributed by atoms with Gasteiger partial charge in [-0.2, -0.15) is 0 Å². The van der Waals surface area contributed by atoms with E-state index in [2.05, 4.69) is 77.5 Å². The summed E-state index contributed by atoms with van der Waals surface area (Å²) in [5.74, 6) is -0.0837. The molecule has 1 unspecified atom stereocenters. The van der Waals surface area contributed by atoms with Gasteiger partial charge in [0.1, 0.15) is 0 Å². The predicted molar refractivity (Wildman–Crippen MR) is 145 cm³/mol. The zero-order valence-corrected chi connectivity index (χ0v) is 20.5. The first-order valence-electron chi connectivity index (χ1n) is 12.5. The van der Waals surface area contributed by atoms with Crippen molar-refractivity contribution in [3.05, 3.63) is 114 Å². The number of carbonyl (C=O) groups excluding carboxylic acids is 1. The van der Waals surface area contributed by atoms with Crippen molar-refractivity contribution in [2.45, 2.75) is 25.9 Å². The average Bonchev–Trinajstić information content (AvgIpc) is 2.90. The fourth-order valence-electron chi connectivity index (χ4n) is 5.11. The van der Waals surface area contributed by atoms with Crippen molar-refractivity contribution in [1.29, 1.82) is 0 Å². The van der Waals surface area contributed by atoms with Crippen LogP contribution in [0, 0.1) is 0 Å². The molecule has 0 spiro atoms. The van der Waals surface area contributed by atoms with Crippen LogP contribution >= 0.6 is 0 Å². The molecule has 1 amide bonds. The zero-order valence-electron chi connectivity index (χ0n) is 20.5. The lowest BCUT2D eigenvalue weighted by atomic mass is 9.94. The van der Waals surface area contributed by atoms with Crippen LogP contribution in [0.4, 0.5) is 5.69 Å². The molecular formula is C31H33N3O. The van der Waals surface area contributed by atoms with Gasteiger partial charge in [0.2, 0.25) is 0 Å². The molecule has 1 N–H and O–H groups in total. The maximum atomic E-state index is 13.3. The SMILES string of the molecule is CC(C)N1CCN(C(c2ccccc2)c2ccccc2NC(=O)c2ccc3ccccc3c2)CC1. The molecule has 4 aromatic carbocycles. The van der Waals surface area contributed by atoms with Crippen LogP contribution in [0.5, 0.6) is 0 Å². The van der Waals surface area contributed by atoms with E-state index in [0.717, 1.165) is 48.2 Å². The number of fused-ring (bicyclic) bond motifs is 1. The summed E-state index contributed by atoms with van der Waals surface area (Å²) in [6.45, 7) is 8.61. The molecule has 0 aromatic heterocycles. The molecule has 1 atom stereocenters. The number of amides is 1. The number of hydrogen-bond donors (Lipinski definition) is 1. The lowest BCUT2D eigenvalue weighted by Crippen LogP contribution is -2.50. The van der Waals surface area contributed by atoms with E-state index in [1.165, 1.54) is 5.56 Å². The Kier molecular flexibility index (Phi) is 6.94. The number of para-hydroxylation sites is 1. The first-order chi connectivity index (χ1) is 17.1. The summed E-state index contributed by atoms with van der Waals surface area (Å²) in [5.41, 5.74) is 3.91. The Labute approximate surface area is 208 Å². The molecule has 1 aliphatic rings. The number of nitrogens with one attached hydrogen (secondary N) is 1. The summed E-state index contributed by atoms with van der Waals surface area (Å²) in [6.07, 6.45) is 0. The Morgan fingerprint density at radius 2 is 1.34 bits per heavy atom. The number of anilines is 1. The molecule has 178 valence electrons. The summed E-state index contributed by atoms with van der Waals surface area (Å²) in [5, 5.41) is 5.43.